The topological polar surface area (TPSA) is 90.8 Å². The van der Waals surface area contributed by atoms with Gasteiger partial charge in [0.1, 0.15) is 17.2 Å². The second kappa shape index (κ2) is 13.3. The van der Waals surface area contributed by atoms with E-state index < -0.39 is 5.97 Å². The number of hydrogen-bond acceptors (Lipinski definition) is 7. The Balaban J connectivity index is 1.39. The van der Waals surface area contributed by atoms with Crippen molar-refractivity contribution in [3.8, 4) is 17.2 Å². The summed E-state index contributed by atoms with van der Waals surface area (Å²) in [5, 5.41) is 0. The Morgan fingerprint density at radius 2 is 1.62 bits per heavy atom. The lowest BCUT2D eigenvalue weighted by atomic mass is 10.1. The SMILES string of the molecule is CCOC(=O)/C(N)=C(\Cc1ccc(OCCc2nc(-c3ccccc3)oc2C)cc1)N(C)Cc1ccccc1. The molecule has 0 aliphatic rings. The summed E-state index contributed by atoms with van der Waals surface area (Å²) >= 11 is 0. The number of esters is 1. The van der Waals surface area contributed by atoms with Gasteiger partial charge in [-0.15, -0.1) is 0 Å². The van der Waals surface area contributed by atoms with Gasteiger partial charge in [-0.25, -0.2) is 9.78 Å². The predicted molar refractivity (Wildman–Crippen MR) is 152 cm³/mol. The smallest absolute Gasteiger partial charge is 0.356 e. The quantitative estimate of drug-likeness (QED) is 0.188. The van der Waals surface area contributed by atoms with Crippen LogP contribution in [0.2, 0.25) is 0 Å². The molecule has 4 aromatic rings. The van der Waals surface area contributed by atoms with Crippen LogP contribution < -0.4 is 10.5 Å². The molecule has 2 N–H and O–H groups in total. The molecule has 0 unspecified atom stereocenters. The molecular formula is C32H35N3O4. The minimum atomic E-state index is -0.508. The third-order valence-electron chi connectivity index (χ3n) is 6.35. The fraction of sp³-hybridized carbons (Fsp3) is 0.250. The maximum Gasteiger partial charge on any atom is 0.356 e. The summed E-state index contributed by atoms with van der Waals surface area (Å²) in [5.74, 6) is 1.66. The molecule has 0 aliphatic carbocycles. The summed E-state index contributed by atoms with van der Waals surface area (Å²) in [4.78, 5) is 19.1. The standard InChI is InChI=1S/C32H35N3O4/c1-4-37-32(36)30(33)29(35(3)22-25-11-7-5-8-12-25)21-24-15-17-27(18-16-24)38-20-19-28-23(2)39-31(34-28)26-13-9-6-10-14-26/h5-18H,4,19-22,33H2,1-3H3/b30-29-. The van der Waals surface area contributed by atoms with E-state index in [1.165, 1.54) is 0 Å². The molecule has 7 nitrogen and oxygen atoms in total. The van der Waals surface area contributed by atoms with Crippen molar-refractivity contribution in [1.29, 1.82) is 0 Å². The number of likely N-dealkylation sites (N-methyl/N-ethyl adjacent to an activating group) is 1. The minimum absolute atomic E-state index is 0.119. The number of ether oxygens (including phenoxy) is 2. The maximum absolute atomic E-state index is 12.5. The van der Waals surface area contributed by atoms with Gasteiger partial charge in [-0.1, -0.05) is 60.7 Å². The third kappa shape index (κ3) is 7.51. The molecule has 0 radical (unpaired) electrons. The summed E-state index contributed by atoms with van der Waals surface area (Å²) in [6, 6.07) is 27.7. The number of nitrogens with two attached hydrogens (primary N) is 1. The Hall–Kier alpha value is -4.52. The van der Waals surface area contributed by atoms with Crippen LogP contribution in [0.15, 0.2) is 101 Å². The van der Waals surface area contributed by atoms with E-state index in [1.807, 2.05) is 104 Å². The number of nitrogens with zero attached hydrogens (tertiary/aromatic N) is 2. The average Bonchev–Trinajstić information content (AvgIpc) is 3.33. The number of rotatable bonds is 12. The fourth-order valence-corrected chi connectivity index (χ4v) is 4.24. The molecule has 0 aliphatic heterocycles. The van der Waals surface area contributed by atoms with Crippen molar-refractivity contribution in [2.45, 2.75) is 33.2 Å². The number of benzene rings is 3. The molecule has 7 heteroatoms. The van der Waals surface area contributed by atoms with Gasteiger partial charge in [-0.3, -0.25) is 0 Å². The Morgan fingerprint density at radius 3 is 2.28 bits per heavy atom. The molecule has 202 valence electrons. The van der Waals surface area contributed by atoms with Crippen LogP contribution in [0.4, 0.5) is 0 Å². The normalized spacial score (nSPS) is 11.6. The molecule has 0 amide bonds. The number of aryl methyl sites for hydroxylation is 1. The van der Waals surface area contributed by atoms with E-state index in [0.717, 1.165) is 33.9 Å². The molecule has 0 spiro atoms. The van der Waals surface area contributed by atoms with E-state index in [-0.39, 0.29) is 12.3 Å². The van der Waals surface area contributed by atoms with Crippen molar-refractivity contribution in [3.63, 3.8) is 0 Å². The van der Waals surface area contributed by atoms with E-state index in [9.17, 15) is 4.79 Å². The molecule has 0 saturated carbocycles. The zero-order valence-corrected chi connectivity index (χ0v) is 22.7. The summed E-state index contributed by atoms with van der Waals surface area (Å²) in [5.41, 5.74) is 11.1. The summed E-state index contributed by atoms with van der Waals surface area (Å²) in [7, 11) is 1.93. The molecule has 0 bridgehead atoms. The highest BCUT2D eigenvalue weighted by Gasteiger charge is 2.18. The maximum atomic E-state index is 12.5. The zero-order chi connectivity index (χ0) is 27.6. The van der Waals surface area contributed by atoms with Gasteiger partial charge in [0, 0.05) is 37.7 Å². The van der Waals surface area contributed by atoms with Crippen LogP contribution >= 0.6 is 0 Å². The van der Waals surface area contributed by atoms with Crippen molar-refractivity contribution in [2.75, 3.05) is 20.3 Å². The second-order valence-electron chi connectivity index (χ2n) is 9.23. The molecule has 1 heterocycles. The Kier molecular flexibility index (Phi) is 9.40. The molecule has 0 saturated heterocycles. The number of carbonyl (C=O) groups excluding carboxylic acids is 1. The minimum Gasteiger partial charge on any atom is -0.493 e. The van der Waals surface area contributed by atoms with Crippen LogP contribution in [0.1, 0.15) is 29.5 Å². The van der Waals surface area contributed by atoms with E-state index in [0.29, 0.717) is 37.6 Å². The van der Waals surface area contributed by atoms with Crippen molar-refractivity contribution in [3.05, 3.63) is 119 Å². The van der Waals surface area contributed by atoms with Crippen molar-refractivity contribution in [1.82, 2.24) is 9.88 Å². The van der Waals surface area contributed by atoms with E-state index in [2.05, 4.69) is 4.98 Å². The van der Waals surface area contributed by atoms with E-state index in [1.54, 1.807) is 6.92 Å². The molecule has 3 aromatic carbocycles. The van der Waals surface area contributed by atoms with Crippen LogP contribution in [-0.4, -0.2) is 36.1 Å². The van der Waals surface area contributed by atoms with Crippen LogP contribution in [0.3, 0.4) is 0 Å². The number of allylic oxidation sites excluding steroid dienone is 1. The van der Waals surface area contributed by atoms with Crippen molar-refractivity contribution >= 4 is 5.97 Å². The lowest BCUT2D eigenvalue weighted by Gasteiger charge is -2.25. The lowest BCUT2D eigenvalue weighted by molar-refractivity contribution is -0.138. The van der Waals surface area contributed by atoms with Gasteiger partial charge < -0.3 is 24.5 Å². The first-order chi connectivity index (χ1) is 18.9. The van der Waals surface area contributed by atoms with Crippen LogP contribution in [-0.2, 0) is 28.9 Å². The van der Waals surface area contributed by atoms with E-state index in [4.69, 9.17) is 19.6 Å². The van der Waals surface area contributed by atoms with Gasteiger partial charge >= 0.3 is 5.97 Å². The van der Waals surface area contributed by atoms with Crippen LogP contribution in [0, 0.1) is 6.92 Å². The molecule has 0 fully saturated rings. The highest BCUT2D eigenvalue weighted by molar-refractivity contribution is 5.88. The van der Waals surface area contributed by atoms with E-state index >= 15 is 0 Å². The van der Waals surface area contributed by atoms with Gasteiger partial charge in [-0.05, 0) is 49.2 Å². The van der Waals surface area contributed by atoms with Crippen molar-refractivity contribution in [2.24, 2.45) is 5.73 Å². The molecular weight excluding hydrogens is 490 g/mol. The summed E-state index contributed by atoms with van der Waals surface area (Å²) in [6.07, 6.45) is 1.12. The number of aromatic nitrogens is 1. The van der Waals surface area contributed by atoms with Gasteiger partial charge in [-0.2, -0.15) is 0 Å². The Morgan fingerprint density at radius 1 is 0.949 bits per heavy atom. The molecule has 1 aromatic heterocycles. The average molecular weight is 526 g/mol. The first-order valence-corrected chi connectivity index (χ1v) is 13.1. The monoisotopic (exact) mass is 525 g/mol. The molecule has 4 rings (SSSR count). The fourth-order valence-electron chi connectivity index (χ4n) is 4.24. The van der Waals surface area contributed by atoms with Crippen LogP contribution in [0.5, 0.6) is 5.75 Å². The van der Waals surface area contributed by atoms with Gasteiger partial charge in [0.05, 0.1) is 18.9 Å². The number of carbonyl (C=O) groups is 1. The first-order valence-electron chi connectivity index (χ1n) is 13.1. The van der Waals surface area contributed by atoms with Gasteiger partial charge in [0.15, 0.2) is 0 Å². The zero-order valence-electron chi connectivity index (χ0n) is 22.7. The highest BCUT2D eigenvalue weighted by Crippen LogP contribution is 2.23. The second-order valence-corrected chi connectivity index (χ2v) is 9.23. The highest BCUT2D eigenvalue weighted by atomic mass is 16.5. The predicted octanol–water partition coefficient (Wildman–Crippen LogP) is 5.68. The number of hydrogen-bond donors (Lipinski definition) is 1. The largest absolute Gasteiger partial charge is 0.493 e. The molecule has 39 heavy (non-hydrogen) atoms. The molecule has 0 atom stereocenters. The first kappa shape index (κ1) is 27.5. The Bertz CT molecular complexity index is 1380. The van der Waals surface area contributed by atoms with Gasteiger partial charge in [0.2, 0.25) is 5.89 Å². The van der Waals surface area contributed by atoms with Gasteiger partial charge in [0.25, 0.3) is 0 Å². The summed E-state index contributed by atoms with van der Waals surface area (Å²) < 4.78 is 17.0. The lowest BCUT2D eigenvalue weighted by Crippen LogP contribution is -2.27. The Labute approximate surface area is 229 Å². The third-order valence-corrected chi connectivity index (χ3v) is 6.35. The van der Waals surface area contributed by atoms with Crippen LogP contribution in [0.25, 0.3) is 11.5 Å². The summed E-state index contributed by atoms with van der Waals surface area (Å²) in [6.45, 7) is 5.05. The number of oxazole rings is 1. The van der Waals surface area contributed by atoms with Crippen molar-refractivity contribution < 1.29 is 18.7 Å².